The summed E-state index contributed by atoms with van der Waals surface area (Å²) in [6.07, 6.45) is -9.56. The summed E-state index contributed by atoms with van der Waals surface area (Å²) in [5.74, 6) is -8.82. The number of benzene rings is 2. The van der Waals surface area contributed by atoms with E-state index in [4.69, 9.17) is 4.74 Å². The molecule has 17 heteroatoms. The third-order valence-electron chi connectivity index (χ3n) is 4.60. The first-order valence-electron chi connectivity index (χ1n) is 9.85. The lowest BCUT2D eigenvalue weighted by Gasteiger charge is -2.17. The Labute approximate surface area is 208 Å². The predicted molar refractivity (Wildman–Crippen MR) is 112 cm³/mol. The molecule has 0 unspecified atom stereocenters. The molecule has 0 saturated carbocycles. The zero-order chi connectivity index (χ0) is 28.6. The molecular weight excluding hydrogens is 558 g/mol. The highest BCUT2D eigenvalue weighted by atomic mass is 32.2. The first-order valence-corrected chi connectivity index (χ1v) is 11.7. The summed E-state index contributed by atoms with van der Waals surface area (Å²) in [5.41, 5.74) is -3.75. The maximum atomic E-state index is 14.4. The van der Waals surface area contributed by atoms with Gasteiger partial charge in [0.05, 0.1) is 4.90 Å². The van der Waals surface area contributed by atoms with Gasteiger partial charge in [-0.2, -0.15) is 13.2 Å². The maximum Gasteiger partial charge on any atom is 0.573 e. The summed E-state index contributed by atoms with van der Waals surface area (Å²) < 4.78 is 138. The fourth-order valence-corrected chi connectivity index (χ4v) is 3.70. The second-order valence-corrected chi connectivity index (χ2v) is 9.49. The number of amides is 1. The van der Waals surface area contributed by atoms with Gasteiger partial charge in [0.25, 0.3) is 11.8 Å². The summed E-state index contributed by atoms with van der Waals surface area (Å²) >= 11 is 0. The fourth-order valence-electron chi connectivity index (χ4n) is 3.03. The quantitative estimate of drug-likeness (QED) is 0.394. The average Bonchev–Trinajstić information content (AvgIpc) is 2.73. The van der Waals surface area contributed by atoms with Crippen molar-refractivity contribution in [2.24, 2.45) is 0 Å². The topological polar surface area (TPSA) is 107 Å². The van der Waals surface area contributed by atoms with Gasteiger partial charge >= 0.3 is 12.5 Å². The molecule has 3 aromatic rings. The van der Waals surface area contributed by atoms with Crippen LogP contribution >= 0.6 is 0 Å². The monoisotopic (exact) mass is 571 g/mol. The van der Waals surface area contributed by atoms with Crippen LogP contribution in [0.4, 0.5) is 40.8 Å². The van der Waals surface area contributed by atoms with E-state index >= 15 is 0 Å². The van der Waals surface area contributed by atoms with Gasteiger partial charge in [0, 0.05) is 24.1 Å². The normalized spacial score (nSPS) is 12.3. The Morgan fingerprint density at radius 3 is 2.11 bits per heavy atom. The third kappa shape index (κ3) is 6.64. The highest BCUT2D eigenvalue weighted by Gasteiger charge is 2.38. The van der Waals surface area contributed by atoms with Crippen molar-refractivity contribution in [3.05, 3.63) is 64.9 Å². The Hall–Kier alpha value is -4.02. The molecule has 38 heavy (non-hydrogen) atoms. The van der Waals surface area contributed by atoms with Gasteiger partial charge in [-0.25, -0.2) is 17.2 Å². The Morgan fingerprint density at radius 2 is 1.58 bits per heavy atom. The number of carbonyl (C=O) groups excluding carboxylic acids is 1. The van der Waals surface area contributed by atoms with E-state index in [1.165, 1.54) is 18.2 Å². The molecule has 0 fully saturated rings. The van der Waals surface area contributed by atoms with Crippen molar-refractivity contribution >= 4 is 21.4 Å². The van der Waals surface area contributed by atoms with Crippen LogP contribution < -0.4 is 14.8 Å². The van der Waals surface area contributed by atoms with Crippen LogP contribution in [-0.4, -0.2) is 37.1 Å². The zero-order valence-corrected chi connectivity index (χ0v) is 19.6. The molecule has 0 saturated heterocycles. The molecule has 0 spiro atoms. The molecule has 0 aliphatic heterocycles. The van der Waals surface area contributed by atoms with Crippen LogP contribution in [0.15, 0.2) is 41.3 Å². The van der Waals surface area contributed by atoms with Crippen molar-refractivity contribution in [2.75, 3.05) is 11.6 Å². The number of halogens is 8. The number of alkyl halides is 6. The van der Waals surface area contributed by atoms with Crippen molar-refractivity contribution in [3.8, 4) is 17.4 Å². The number of nitrogens with one attached hydrogen (secondary N) is 1. The van der Waals surface area contributed by atoms with Crippen LogP contribution in [0, 0.1) is 18.6 Å². The second-order valence-electron chi connectivity index (χ2n) is 7.47. The number of sulfone groups is 1. The first-order chi connectivity index (χ1) is 17.4. The second kappa shape index (κ2) is 10.0. The van der Waals surface area contributed by atoms with E-state index in [-0.39, 0.29) is 22.7 Å². The number of aromatic nitrogens is 2. The minimum Gasteiger partial charge on any atom is -0.431 e. The molecule has 3 rings (SSSR count). The van der Waals surface area contributed by atoms with E-state index in [9.17, 15) is 48.3 Å². The van der Waals surface area contributed by atoms with Crippen molar-refractivity contribution < 1.29 is 57.8 Å². The van der Waals surface area contributed by atoms with E-state index < -0.39 is 74.1 Å². The Bertz CT molecular complexity index is 1480. The lowest BCUT2D eigenvalue weighted by Crippen LogP contribution is -2.21. The average molecular weight is 571 g/mol. The number of carbonyl (C=O) groups is 1. The van der Waals surface area contributed by atoms with Gasteiger partial charge in [0.2, 0.25) is 5.75 Å². The van der Waals surface area contributed by atoms with E-state index in [1.54, 1.807) is 0 Å². The molecule has 0 aliphatic rings. The number of nitrogens with zero attached hydrogens (tertiary/aromatic N) is 2. The number of hydrogen-bond acceptors (Lipinski definition) is 7. The molecule has 1 N–H and O–H groups in total. The molecule has 1 aromatic heterocycles. The summed E-state index contributed by atoms with van der Waals surface area (Å²) in [5, 5.41) is 8.11. The van der Waals surface area contributed by atoms with Crippen molar-refractivity contribution in [3.63, 3.8) is 0 Å². The molecular formula is C21H13F8N3O5S. The van der Waals surface area contributed by atoms with Gasteiger partial charge < -0.3 is 14.8 Å². The third-order valence-corrected chi connectivity index (χ3v) is 5.71. The smallest absolute Gasteiger partial charge is 0.431 e. The number of rotatable bonds is 6. The van der Waals surface area contributed by atoms with E-state index in [0.29, 0.717) is 0 Å². The van der Waals surface area contributed by atoms with Gasteiger partial charge in [0.15, 0.2) is 27.2 Å². The summed E-state index contributed by atoms with van der Waals surface area (Å²) in [6.45, 7) is 0.777. The summed E-state index contributed by atoms with van der Waals surface area (Å²) in [4.78, 5) is 12.7. The molecule has 0 bridgehead atoms. The van der Waals surface area contributed by atoms with Gasteiger partial charge in [-0.3, -0.25) is 4.79 Å². The highest BCUT2D eigenvalue weighted by Crippen LogP contribution is 2.37. The minimum absolute atomic E-state index is 0.0761. The van der Waals surface area contributed by atoms with E-state index in [2.05, 4.69) is 20.3 Å². The molecule has 0 atom stereocenters. The van der Waals surface area contributed by atoms with Gasteiger partial charge in [-0.1, -0.05) is 6.07 Å². The zero-order valence-electron chi connectivity index (χ0n) is 18.8. The van der Waals surface area contributed by atoms with Gasteiger partial charge in [-0.05, 0) is 30.7 Å². The van der Waals surface area contributed by atoms with Crippen LogP contribution in [0.3, 0.4) is 0 Å². The molecule has 1 amide bonds. The van der Waals surface area contributed by atoms with Crippen LogP contribution in [0.5, 0.6) is 17.4 Å². The molecule has 1 heterocycles. The number of anilines is 1. The molecule has 204 valence electrons. The Morgan fingerprint density at radius 1 is 0.974 bits per heavy atom. The largest absolute Gasteiger partial charge is 0.573 e. The van der Waals surface area contributed by atoms with Crippen LogP contribution in [0.1, 0.15) is 21.6 Å². The molecule has 2 aromatic carbocycles. The van der Waals surface area contributed by atoms with Crippen LogP contribution in [0.2, 0.25) is 0 Å². The van der Waals surface area contributed by atoms with Crippen molar-refractivity contribution in [1.29, 1.82) is 0 Å². The van der Waals surface area contributed by atoms with E-state index in [1.807, 2.05) is 0 Å². The lowest BCUT2D eigenvalue weighted by atomic mass is 10.1. The lowest BCUT2D eigenvalue weighted by molar-refractivity contribution is -0.274. The fraction of sp³-hybridized carbons (Fsp3) is 0.190. The van der Waals surface area contributed by atoms with Crippen molar-refractivity contribution in [2.45, 2.75) is 24.4 Å². The van der Waals surface area contributed by atoms with Gasteiger partial charge in [0.1, 0.15) is 11.3 Å². The van der Waals surface area contributed by atoms with Crippen LogP contribution in [0.25, 0.3) is 0 Å². The number of hydrogen-bond donors (Lipinski definition) is 1. The maximum absolute atomic E-state index is 14.4. The Kier molecular flexibility index (Phi) is 7.54. The van der Waals surface area contributed by atoms with Gasteiger partial charge in [-0.15, -0.1) is 23.4 Å². The SMILES string of the molecule is Cc1c(C(F)(F)F)nnc(Oc2c(F)cc(OC(F)(F)F)cc2F)c1C(=O)Nc1cccc(S(C)(=O)=O)c1. The Balaban J connectivity index is 2.08. The predicted octanol–water partition coefficient (Wildman–Crippen LogP) is 5.43. The first kappa shape index (κ1) is 28.5. The standard InChI is InChI=1S/C21H13F8N3O5S/c1-9-15(18(33)30-10-4-3-5-12(6-10)38(2,34)35)19(32-31-17(9)20(24,25)26)36-16-13(22)7-11(8-14(16)23)37-21(27,28)29/h3-8H,1-2H3,(H,30,33). The number of ether oxygens (including phenoxy) is 2. The van der Waals surface area contributed by atoms with Crippen molar-refractivity contribution in [1.82, 2.24) is 10.2 Å². The highest BCUT2D eigenvalue weighted by molar-refractivity contribution is 7.90. The summed E-state index contributed by atoms with van der Waals surface area (Å²) in [6, 6.07) is 4.73. The summed E-state index contributed by atoms with van der Waals surface area (Å²) in [7, 11) is -3.74. The van der Waals surface area contributed by atoms with Crippen LogP contribution in [-0.2, 0) is 16.0 Å². The molecule has 8 nitrogen and oxygen atoms in total. The van der Waals surface area contributed by atoms with E-state index in [0.717, 1.165) is 19.2 Å². The molecule has 0 radical (unpaired) electrons. The minimum atomic E-state index is -5.29. The molecule has 0 aliphatic carbocycles.